The zero-order valence-corrected chi connectivity index (χ0v) is 11.4. The van der Waals surface area contributed by atoms with Crippen LogP contribution in [0, 0.1) is 5.92 Å². The molecule has 1 aliphatic rings. The molecule has 5 heteroatoms. The molecule has 2 unspecified atom stereocenters. The van der Waals surface area contributed by atoms with Gasteiger partial charge >= 0.3 is 0 Å². The van der Waals surface area contributed by atoms with Gasteiger partial charge in [-0.3, -0.25) is 4.79 Å². The summed E-state index contributed by atoms with van der Waals surface area (Å²) in [4.78, 5) is 12.9. The first-order valence-corrected chi connectivity index (χ1v) is 8.58. The van der Waals surface area contributed by atoms with Crippen molar-refractivity contribution in [1.29, 1.82) is 0 Å². The van der Waals surface area contributed by atoms with Gasteiger partial charge in [0.2, 0.25) is 0 Å². The number of thiophene rings is 1. The number of carbonyl (C=O) groups excluding carboxylic acids is 1. The Morgan fingerprint density at radius 3 is 2.76 bits per heavy atom. The molecule has 0 N–H and O–H groups in total. The molecule has 0 spiro atoms. The lowest BCUT2D eigenvalue weighted by atomic mass is 9.85. The van der Waals surface area contributed by atoms with Crippen LogP contribution in [0.5, 0.6) is 0 Å². The van der Waals surface area contributed by atoms with Crippen LogP contribution in [0.1, 0.15) is 35.4 Å². The minimum atomic E-state index is -3.01. The SMILES string of the molecule is CS(=O)(=O)C1CCCC(C(=O)c2cccs2)C1. The van der Waals surface area contributed by atoms with E-state index in [1.807, 2.05) is 17.5 Å². The van der Waals surface area contributed by atoms with Gasteiger partial charge in [0.25, 0.3) is 0 Å². The van der Waals surface area contributed by atoms with Gasteiger partial charge < -0.3 is 0 Å². The molecule has 0 amide bonds. The van der Waals surface area contributed by atoms with E-state index < -0.39 is 9.84 Å². The van der Waals surface area contributed by atoms with E-state index in [9.17, 15) is 13.2 Å². The molecule has 1 heterocycles. The maximum atomic E-state index is 12.1. The summed E-state index contributed by atoms with van der Waals surface area (Å²) in [6, 6.07) is 3.67. The summed E-state index contributed by atoms with van der Waals surface area (Å²) in [5.74, 6) is 0.00970. The summed E-state index contributed by atoms with van der Waals surface area (Å²) in [5.41, 5.74) is 0. The lowest BCUT2D eigenvalue weighted by Crippen LogP contribution is -2.30. The second kappa shape index (κ2) is 4.90. The molecule has 1 aromatic rings. The van der Waals surface area contributed by atoms with Crippen LogP contribution in [0.4, 0.5) is 0 Å². The fourth-order valence-corrected chi connectivity index (χ4v) is 4.31. The van der Waals surface area contributed by atoms with E-state index in [0.29, 0.717) is 12.8 Å². The smallest absolute Gasteiger partial charge is 0.175 e. The van der Waals surface area contributed by atoms with Crippen LogP contribution in [-0.2, 0) is 9.84 Å². The van der Waals surface area contributed by atoms with Gasteiger partial charge in [-0.1, -0.05) is 12.5 Å². The van der Waals surface area contributed by atoms with E-state index in [4.69, 9.17) is 0 Å². The van der Waals surface area contributed by atoms with Crippen LogP contribution < -0.4 is 0 Å². The zero-order chi connectivity index (χ0) is 12.5. The molecule has 2 rings (SSSR count). The molecule has 0 bridgehead atoms. The van der Waals surface area contributed by atoms with Crippen LogP contribution in [0.25, 0.3) is 0 Å². The number of sulfone groups is 1. The maximum Gasteiger partial charge on any atom is 0.175 e. The molecule has 0 aliphatic heterocycles. The van der Waals surface area contributed by atoms with Crippen molar-refractivity contribution in [2.24, 2.45) is 5.92 Å². The van der Waals surface area contributed by atoms with Crippen LogP contribution in [0.3, 0.4) is 0 Å². The highest BCUT2D eigenvalue weighted by Crippen LogP contribution is 2.31. The first kappa shape index (κ1) is 12.8. The fourth-order valence-electron chi connectivity index (χ4n) is 2.39. The Morgan fingerprint density at radius 2 is 2.18 bits per heavy atom. The molecular formula is C12H16O3S2. The number of hydrogen-bond acceptors (Lipinski definition) is 4. The molecule has 0 saturated heterocycles. The number of carbonyl (C=O) groups is 1. The summed E-state index contributed by atoms with van der Waals surface area (Å²) in [6.45, 7) is 0. The number of rotatable bonds is 3. The van der Waals surface area contributed by atoms with E-state index in [0.717, 1.165) is 17.7 Å². The molecular weight excluding hydrogens is 256 g/mol. The van der Waals surface area contributed by atoms with Crippen LogP contribution >= 0.6 is 11.3 Å². The van der Waals surface area contributed by atoms with Crippen molar-refractivity contribution in [2.45, 2.75) is 30.9 Å². The molecule has 1 fully saturated rings. The normalized spacial score (nSPS) is 25.7. The highest BCUT2D eigenvalue weighted by Gasteiger charge is 2.32. The highest BCUT2D eigenvalue weighted by atomic mass is 32.2. The minimum Gasteiger partial charge on any atom is -0.293 e. The van der Waals surface area contributed by atoms with E-state index in [1.54, 1.807) is 0 Å². The topological polar surface area (TPSA) is 51.2 Å². The average molecular weight is 272 g/mol. The standard InChI is InChI=1S/C12H16O3S2/c1-17(14,15)10-5-2-4-9(8-10)12(13)11-6-3-7-16-11/h3,6-7,9-10H,2,4-5,8H2,1H3. The Balaban J connectivity index is 2.10. The third-order valence-electron chi connectivity index (χ3n) is 3.37. The first-order valence-electron chi connectivity index (χ1n) is 5.75. The van der Waals surface area contributed by atoms with Gasteiger partial charge in [-0.05, 0) is 30.7 Å². The lowest BCUT2D eigenvalue weighted by Gasteiger charge is -2.26. The Morgan fingerprint density at radius 1 is 1.41 bits per heavy atom. The van der Waals surface area contributed by atoms with E-state index in [2.05, 4.69) is 0 Å². The predicted octanol–water partition coefficient (Wildman–Crippen LogP) is 2.53. The Hall–Kier alpha value is -0.680. The van der Waals surface area contributed by atoms with Gasteiger partial charge in [0.05, 0.1) is 10.1 Å². The monoisotopic (exact) mass is 272 g/mol. The molecule has 2 atom stereocenters. The second-order valence-corrected chi connectivity index (χ2v) is 7.93. The van der Waals surface area contributed by atoms with E-state index >= 15 is 0 Å². The number of Topliss-reactive ketones (excluding diaryl/α,β-unsaturated/α-hetero) is 1. The van der Waals surface area contributed by atoms with Crippen molar-refractivity contribution < 1.29 is 13.2 Å². The predicted molar refractivity (Wildman–Crippen MR) is 69.2 cm³/mol. The molecule has 1 aliphatic carbocycles. The zero-order valence-electron chi connectivity index (χ0n) is 9.76. The molecule has 94 valence electrons. The fraction of sp³-hybridized carbons (Fsp3) is 0.583. The summed E-state index contributed by atoms with van der Waals surface area (Å²) in [7, 11) is -3.01. The van der Waals surface area contributed by atoms with Crippen molar-refractivity contribution in [2.75, 3.05) is 6.26 Å². The summed E-state index contributed by atoms with van der Waals surface area (Å²) >= 11 is 1.43. The van der Waals surface area contributed by atoms with Gasteiger partial charge in [-0.25, -0.2) is 8.42 Å². The van der Waals surface area contributed by atoms with E-state index in [-0.39, 0.29) is 17.0 Å². The second-order valence-electron chi connectivity index (χ2n) is 4.66. The van der Waals surface area contributed by atoms with Crippen molar-refractivity contribution in [1.82, 2.24) is 0 Å². The first-order chi connectivity index (χ1) is 7.98. The molecule has 17 heavy (non-hydrogen) atoms. The quantitative estimate of drug-likeness (QED) is 0.795. The number of ketones is 1. The largest absolute Gasteiger partial charge is 0.293 e. The molecule has 1 saturated carbocycles. The Kier molecular flexibility index (Phi) is 3.68. The van der Waals surface area contributed by atoms with Gasteiger partial charge in [-0.15, -0.1) is 11.3 Å². The van der Waals surface area contributed by atoms with Crippen molar-refractivity contribution in [3.05, 3.63) is 22.4 Å². The highest BCUT2D eigenvalue weighted by molar-refractivity contribution is 7.91. The third-order valence-corrected chi connectivity index (χ3v) is 5.89. The summed E-state index contributed by atoms with van der Waals surface area (Å²) in [5, 5.41) is 1.55. The molecule has 0 radical (unpaired) electrons. The Labute approximate surface area is 106 Å². The van der Waals surface area contributed by atoms with Crippen LogP contribution in [-0.4, -0.2) is 25.7 Å². The van der Waals surface area contributed by atoms with Crippen molar-refractivity contribution in [3.8, 4) is 0 Å². The number of hydrogen-bond donors (Lipinski definition) is 0. The Bertz CT molecular complexity index is 488. The van der Waals surface area contributed by atoms with Crippen LogP contribution in [0.15, 0.2) is 17.5 Å². The minimum absolute atomic E-state index is 0.109. The summed E-state index contributed by atoms with van der Waals surface area (Å²) in [6.07, 6.45) is 4.13. The van der Waals surface area contributed by atoms with Crippen molar-refractivity contribution >= 4 is 27.0 Å². The molecule has 0 aromatic carbocycles. The van der Waals surface area contributed by atoms with Gasteiger partial charge in [-0.2, -0.15) is 0 Å². The van der Waals surface area contributed by atoms with Gasteiger partial charge in [0, 0.05) is 12.2 Å². The molecule has 3 nitrogen and oxygen atoms in total. The van der Waals surface area contributed by atoms with Crippen molar-refractivity contribution in [3.63, 3.8) is 0 Å². The van der Waals surface area contributed by atoms with Crippen LogP contribution in [0.2, 0.25) is 0 Å². The molecule has 1 aromatic heterocycles. The lowest BCUT2D eigenvalue weighted by molar-refractivity contribution is 0.0895. The average Bonchev–Trinajstić information content (AvgIpc) is 2.80. The third kappa shape index (κ3) is 2.96. The summed E-state index contributed by atoms with van der Waals surface area (Å²) < 4.78 is 23.1. The van der Waals surface area contributed by atoms with E-state index in [1.165, 1.54) is 17.6 Å². The maximum absolute atomic E-state index is 12.1. The van der Waals surface area contributed by atoms with Gasteiger partial charge in [0.15, 0.2) is 5.78 Å². The van der Waals surface area contributed by atoms with Gasteiger partial charge in [0.1, 0.15) is 9.84 Å².